The van der Waals surface area contributed by atoms with E-state index in [1.54, 1.807) is 35.6 Å². The molecule has 0 atom stereocenters. The molecule has 1 fully saturated rings. The maximum Gasteiger partial charge on any atom is 0.185 e. The van der Waals surface area contributed by atoms with Crippen molar-refractivity contribution in [3.8, 4) is 0 Å². The molecule has 0 radical (unpaired) electrons. The van der Waals surface area contributed by atoms with Gasteiger partial charge in [0.15, 0.2) is 15.0 Å². The average molecular weight is 506 g/mol. The van der Waals surface area contributed by atoms with Crippen molar-refractivity contribution < 1.29 is 8.42 Å². The van der Waals surface area contributed by atoms with Gasteiger partial charge in [-0.05, 0) is 67.6 Å². The second kappa shape index (κ2) is 8.81. The van der Waals surface area contributed by atoms with Gasteiger partial charge in [-0.15, -0.1) is 11.3 Å². The van der Waals surface area contributed by atoms with Crippen LogP contribution in [-0.4, -0.2) is 31.7 Å². The number of benzene rings is 2. The Labute approximate surface area is 191 Å². The van der Waals surface area contributed by atoms with E-state index in [2.05, 4.69) is 58.3 Å². The molecule has 2 aromatic carbocycles. The number of halogens is 1. The van der Waals surface area contributed by atoms with Crippen molar-refractivity contribution in [2.24, 2.45) is 0 Å². The number of hydrogen-bond donors (Lipinski definition) is 0. The molecule has 1 aliphatic rings. The maximum atomic E-state index is 13.0. The van der Waals surface area contributed by atoms with E-state index >= 15 is 0 Å². The van der Waals surface area contributed by atoms with Gasteiger partial charge < -0.3 is 4.90 Å². The van der Waals surface area contributed by atoms with E-state index in [4.69, 9.17) is 4.98 Å². The van der Waals surface area contributed by atoms with Crippen LogP contribution in [0.4, 0.5) is 5.13 Å². The van der Waals surface area contributed by atoms with Gasteiger partial charge in [-0.3, -0.25) is 0 Å². The minimum Gasteiger partial charge on any atom is -0.348 e. The molecule has 0 saturated carbocycles. The van der Waals surface area contributed by atoms with Crippen molar-refractivity contribution in [3.63, 3.8) is 0 Å². The van der Waals surface area contributed by atoms with Crippen LogP contribution in [0.15, 0.2) is 57.2 Å². The van der Waals surface area contributed by atoms with E-state index in [1.807, 2.05) is 0 Å². The molecule has 1 saturated heterocycles. The van der Waals surface area contributed by atoms with Crippen LogP contribution >= 0.6 is 27.3 Å². The molecule has 0 spiro atoms. The number of thiazole rings is 1. The zero-order valence-corrected chi connectivity index (χ0v) is 20.4. The van der Waals surface area contributed by atoms with Gasteiger partial charge >= 0.3 is 0 Å². The van der Waals surface area contributed by atoms with Gasteiger partial charge in [-0.25, -0.2) is 13.4 Å². The first kappa shape index (κ1) is 21.5. The van der Waals surface area contributed by atoms with Crippen molar-refractivity contribution in [1.29, 1.82) is 0 Å². The summed E-state index contributed by atoms with van der Waals surface area (Å²) in [5, 5.41) is 2.79. The van der Waals surface area contributed by atoms with Gasteiger partial charge in [0.25, 0.3) is 0 Å². The Bertz CT molecular complexity index is 1130. The third kappa shape index (κ3) is 4.48. The predicted octanol–water partition coefficient (Wildman–Crippen LogP) is 5.56. The molecule has 1 aromatic heterocycles. The number of anilines is 1. The monoisotopic (exact) mass is 504 g/mol. The zero-order chi connectivity index (χ0) is 21.3. The second-order valence-electron chi connectivity index (χ2n) is 7.84. The highest BCUT2D eigenvalue weighted by Crippen LogP contribution is 2.30. The second-order valence-corrected chi connectivity index (χ2v) is 11.8. The van der Waals surface area contributed by atoms with Crippen molar-refractivity contribution >= 4 is 42.2 Å². The van der Waals surface area contributed by atoms with Crippen molar-refractivity contribution in [3.05, 3.63) is 74.7 Å². The summed E-state index contributed by atoms with van der Waals surface area (Å²) in [6.07, 6.45) is 2.09. The summed E-state index contributed by atoms with van der Waals surface area (Å²) in [4.78, 5) is 7.48. The van der Waals surface area contributed by atoms with Gasteiger partial charge in [0, 0.05) is 29.4 Å². The minimum absolute atomic E-state index is 0.329. The average Bonchev–Trinajstić information content (AvgIpc) is 3.20. The molecule has 4 nitrogen and oxygen atoms in total. The molecule has 0 bridgehead atoms. The topological polar surface area (TPSA) is 50.3 Å². The molecule has 1 aliphatic heterocycles. The van der Waals surface area contributed by atoms with Crippen LogP contribution < -0.4 is 4.90 Å². The van der Waals surface area contributed by atoms with Gasteiger partial charge in [0.05, 0.1) is 15.8 Å². The molecular formula is C23H25BrN2O2S2. The fraction of sp³-hybridized carbons (Fsp3) is 0.348. The standard InChI is InChI=1S/C23H25BrN2O2S2/c1-16-4-3-5-18(17(16)2)14-20-15-29-23(25-20)26-12-10-22(11-13-26)30(27,28)21-8-6-19(24)7-9-21/h3-9,15,22H,10-14H2,1-2H3. The Morgan fingerprint density at radius 2 is 1.80 bits per heavy atom. The lowest BCUT2D eigenvalue weighted by Gasteiger charge is -2.31. The number of aromatic nitrogens is 1. The lowest BCUT2D eigenvalue weighted by atomic mass is 10.0. The number of piperidine rings is 1. The molecule has 0 N–H and O–H groups in total. The van der Waals surface area contributed by atoms with Crippen LogP contribution in [0.2, 0.25) is 0 Å². The lowest BCUT2D eigenvalue weighted by Crippen LogP contribution is -2.39. The molecule has 4 rings (SSSR count). The number of rotatable bonds is 5. The third-order valence-corrected chi connectivity index (χ3v) is 9.68. The largest absolute Gasteiger partial charge is 0.348 e. The Kier molecular flexibility index (Phi) is 6.32. The smallest absolute Gasteiger partial charge is 0.185 e. The van der Waals surface area contributed by atoms with Crippen molar-refractivity contribution in [2.75, 3.05) is 18.0 Å². The fourth-order valence-corrected chi connectivity index (χ4v) is 6.77. The van der Waals surface area contributed by atoms with Gasteiger partial charge in [-0.2, -0.15) is 0 Å². The Morgan fingerprint density at radius 1 is 1.10 bits per heavy atom. The summed E-state index contributed by atoms with van der Waals surface area (Å²) < 4.78 is 26.8. The van der Waals surface area contributed by atoms with Crippen LogP contribution in [0.25, 0.3) is 0 Å². The van der Waals surface area contributed by atoms with Crippen LogP contribution in [0.3, 0.4) is 0 Å². The summed E-state index contributed by atoms with van der Waals surface area (Å²) in [5.74, 6) is 0. The van der Waals surface area contributed by atoms with E-state index in [9.17, 15) is 8.42 Å². The Balaban J connectivity index is 1.41. The van der Waals surface area contributed by atoms with Gasteiger partial charge in [0.1, 0.15) is 0 Å². The Morgan fingerprint density at radius 3 is 2.50 bits per heavy atom. The molecule has 0 unspecified atom stereocenters. The molecular weight excluding hydrogens is 480 g/mol. The van der Waals surface area contributed by atoms with E-state index in [-0.39, 0.29) is 5.25 Å². The first-order valence-corrected chi connectivity index (χ1v) is 13.3. The lowest BCUT2D eigenvalue weighted by molar-refractivity contribution is 0.529. The molecule has 0 aliphatic carbocycles. The van der Waals surface area contributed by atoms with E-state index in [0.717, 1.165) is 34.8 Å². The molecule has 0 amide bonds. The molecule has 2 heterocycles. The van der Waals surface area contributed by atoms with Crippen LogP contribution in [0, 0.1) is 13.8 Å². The summed E-state index contributed by atoms with van der Waals surface area (Å²) in [6.45, 7) is 5.74. The number of hydrogen-bond acceptors (Lipinski definition) is 5. The first-order chi connectivity index (χ1) is 14.3. The molecule has 3 aromatic rings. The van der Waals surface area contributed by atoms with Crippen LogP contribution in [-0.2, 0) is 16.3 Å². The molecule has 7 heteroatoms. The molecule has 158 valence electrons. The van der Waals surface area contributed by atoms with Crippen molar-refractivity contribution in [2.45, 2.75) is 43.3 Å². The SMILES string of the molecule is Cc1cccc(Cc2csc(N3CCC(S(=O)(=O)c4ccc(Br)cc4)CC3)n2)c1C. The van der Waals surface area contributed by atoms with Crippen LogP contribution in [0.1, 0.15) is 35.2 Å². The van der Waals surface area contributed by atoms with Crippen molar-refractivity contribution in [1.82, 2.24) is 4.98 Å². The summed E-state index contributed by atoms with van der Waals surface area (Å²) in [5.41, 5.74) is 5.02. The summed E-state index contributed by atoms with van der Waals surface area (Å²) >= 11 is 5.02. The van der Waals surface area contributed by atoms with Crippen LogP contribution in [0.5, 0.6) is 0 Å². The predicted molar refractivity (Wildman–Crippen MR) is 127 cm³/mol. The first-order valence-electron chi connectivity index (χ1n) is 10.1. The zero-order valence-electron chi connectivity index (χ0n) is 17.1. The third-order valence-electron chi connectivity index (χ3n) is 5.92. The normalized spacial score (nSPS) is 15.5. The number of aryl methyl sites for hydroxylation is 1. The summed E-state index contributed by atoms with van der Waals surface area (Å²) in [6, 6.07) is 13.3. The quantitative estimate of drug-likeness (QED) is 0.456. The van der Waals surface area contributed by atoms with E-state index in [0.29, 0.717) is 17.7 Å². The Hall–Kier alpha value is -1.70. The minimum atomic E-state index is -3.29. The highest BCUT2D eigenvalue weighted by molar-refractivity contribution is 9.10. The van der Waals surface area contributed by atoms with Gasteiger partial charge in [0.2, 0.25) is 0 Å². The van der Waals surface area contributed by atoms with E-state index in [1.165, 1.54) is 16.7 Å². The maximum absolute atomic E-state index is 13.0. The highest BCUT2D eigenvalue weighted by atomic mass is 79.9. The van der Waals surface area contributed by atoms with Gasteiger partial charge in [-0.1, -0.05) is 34.1 Å². The summed E-state index contributed by atoms with van der Waals surface area (Å²) in [7, 11) is -3.29. The number of sulfone groups is 1. The van der Waals surface area contributed by atoms with E-state index < -0.39 is 9.84 Å². The highest BCUT2D eigenvalue weighted by Gasteiger charge is 2.32. The number of nitrogens with zero attached hydrogens (tertiary/aromatic N) is 2. The fourth-order valence-electron chi connectivity index (χ4n) is 3.90. The molecule has 30 heavy (non-hydrogen) atoms.